The second-order valence-corrected chi connectivity index (χ2v) is 6.96. The number of nitrogens with zero attached hydrogens (tertiary/aromatic N) is 2. The molecule has 0 bridgehead atoms. The van der Waals surface area contributed by atoms with Gasteiger partial charge in [-0.25, -0.2) is 4.90 Å². The molecule has 0 aromatic heterocycles. The molecule has 0 N–H and O–H groups in total. The van der Waals surface area contributed by atoms with Crippen LogP contribution in [0.5, 0.6) is 0 Å². The van der Waals surface area contributed by atoms with Crippen LogP contribution in [0, 0.1) is 11.8 Å². The zero-order chi connectivity index (χ0) is 19.8. The van der Waals surface area contributed by atoms with E-state index in [0.717, 1.165) is 9.80 Å². The van der Waals surface area contributed by atoms with Crippen molar-refractivity contribution in [2.24, 2.45) is 11.8 Å². The summed E-state index contributed by atoms with van der Waals surface area (Å²) < 4.78 is 5.03. The molecular formula is C20H18N2O6. The summed E-state index contributed by atoms with van der Waals surface area (Å²) in [5.74, 6) is -2.92. The van der Waals surface area contributed by atoms with Crippen LogP contribution in [-0.2, 0) is 19.1 Å². The fraction of sp³-hybridized carbons (Fsp3) is 0.350. The molecule has 3 aliphatic rings. The van der Waals surface area contributed by atoms with Crippen LogP contribution < -0.4 is 0 Å². The third kappa shape index (κ3) is 2.90. The van der Waals surface area contributed by atoms with Gasteiger partial charge in [0.1, 0.15) is 0 Å². The number of imide groups is 2. The molecule has 1 saturated heterocycles. The molecule has 0 spiro atoms. The Bertz CT molecular complexity index is 860. The summed E-state index contributed by atoms with van der Waals surface area (Å²) in [5.41, 5.74) is 0.543. The largest absolute Gasteiger partial charge is 0.444 e. The Labute approximate surface area is 160 Å². The van der Waals surface area contributed by atoms with Crippen LogP contribution in [0.25, 0.3) is 0 Å². The van der Waals surface area contributed by atoms with Crippen LogP contribution in [0.4, 0.5) is 0 Å². The first-order valence-electron chi connectivity index (χ1n) is 9.10. The minimum absolute atomic E-state index is 0.0639. The van der Waals surface area contributed by atoms with Crippen LogP contribution >= 0.6 is 0 Å². The lowest BCUT2D eigenvalue weighted by Gasteiger charge is -2.16. The van der Waals surface area contributed by atoms with Crippen LogP contribution in [0.2, 0.25) is 0 Å². The fourth-order valence-electron chi connectivity index (χ4n) is 3.86. The van der Waals surface area contributed by atoms with E-state index in [2.05, 4.69) is 0 Å². The second kappa shape index (κ2) is 7.03. The Morgan fingerprint density at radius 1 is 0.893 bits per heavy atom. The first-order chi connectivity index (χ1) is 13.5. The summed E-state index contributed by atoms with van der Waals surface area (Å²) in [6.45, 7) is -0.562. The average Bonchev–Trinajstić information content (AvgIpc) is 3.10. The first-order valence-corrected chi connectivity index (χ1v) is 9.10. The van der Waals surface area contributed by atoms with Gasteiger partial charge in [0.25, 0.3) is 11.8 Å². The number of rotatable bonds is 5. The Morgan fingerprint density at radius 2 is 1.43 bits per heavy atom. The smallest absolute Gasteiger partial charge is 0.309 e. The maximum atomic E-state index is 12.4. The van der Waals surface area contributed by atoms with Gasteiger partial charge in [-0.2, -0.15) is 0 Å². The lowest BCUT2D eigenvalue weighted by molar-refractivity contribution is -0.147. The minimum Gasteiger partial charge on any atom is -0.444 e. The molecule has 0 saturated carbocycles. The van der Waals surface area contributed by atoms with Crippen molar-refractivity contribution in [2.75, 3.05) is 13.3 Å². The fourth-order valence-corrected chi connectivity index (χ4v) is 3.86. The predicted molar refractivity (Wildman–Crippen MR) is 94.6 cm³/mol. The van der Waals surface area contributed by atoms with Gasteiger partial charge < -0.3 is 4.74 Å². The second-order valence-electron chi connectivity index (χ2n) is 6.96. The lowest BCUT2D eigenvalue weighted by atomic mass is 9.85. The number of ether oxygens (including phenoxy) is 1. The van der Waals surface area contributed by atoms with Crippen LogP contribution in [0.3, 0.4) is 0 Å². The summed E-state index contributed by atoms with van der Waals surface area (Å²) in [6.07, 6.45) is 4.68. The van der Waals surface area contributed by atoms with Gasteiger partial charge >= 0.3 is 5.97 Å². The Kier molecular flexibility index (Phi) is 4.54. The molecule has 4 amide bonds. The minimum atomic E-state index is -0.690. The van der Waals surface area contributed by atoms with Crippen molar-refractivity contribution < 1.29 is 28.7 Å². The van der Waals surface area contributed by atoms with Gasteiger partial charge in [0.05, 0.1) is 29.4 Å². The molecule has 1 fully saturated rings. The predicted octanol–water partition coefficient (Wildman–Crippen LogP) is 1.12. The maximum Gasteiger partial charge on any atom is 0.309 e. The van der Waals surface area contributed by atoms with E-state index in [1.165, 1.54) is 12.1 Å². The molecule has 2 heterocycles. The third-order valence-corrected chi connectivity index (χ3v) is 5.37. The molecule has 28 heavy (non-hydrogen) atoms. The summed E-state index contributed by atoms with van der Waals surface area (Å²) in [7, 11) is 0. The van der Waals surface area contributed by atoms with Crippen molar-refractivity contribution in [1.29, 1.82) is 0 Å². The summed E-state index contributed by atoms with van der Waals surface area (Å²) in [4.78, 5) is 63.2. The zero-order valence-corrected chi connectivity index (χ0v) is 15.0. The van der Waals surface area contributed by atoms with Crippen LogP contribution in [0.15, 0.2) is 36.4 Å². The van der Waals surface area contributed by atoms with Gasteiger partial charge in [0.15, 0.2) is 6.73 Å². The van der Waals surface area contributed by atoms with Crippen LogP contribution in [-0.4, -0.2) is 52.7 Å². The molecule has 8 nitrogen and oxygen atoms in total. The van der Waals surface area contributed by atoms with Crippen molar-refractivity contribution in [3.8, 4) is 0 Å². The number of hydrogen-bond acceptors (Lipinski definition) is 6. The van der Waals surface area contributed by atoms with E-state index in [-0.39, 0.29) is 47.7 Å². The maximum absolute atomic E-state index is 12.4. The molecule has 1 aromatic rings. The lowest BCUT2D eigenvalue weighted by Crippen LogP contribution is -2.35. The molecule has 4 rings (SSSR count). The third-order valence-electron chi connectivity index (χ3n) is 5.37. The van der Waals surface area contributed by atoms with E-state index in [9.17, 15) is 24.0 Å². The van der Waals surface area contributed by atoms with Gasteiger partial charge in [-0.05, 0) is 25.0 Å². The number of hydrogen-bond donors (Lipinski definition) is 0. The molecule has 2 aliphatic heterocycles. The molecule has 2 atom stereocenters. The highest BCUT2D eigenvalue weighted by Crippen LogP contribution is 2.35. The number of carbonyl (C=O) groups is 5. The molecule has 1 aliphatic carbocycles. The van der Waals surface area contributed by atoms with Crippen molar-refractivity contribution in [3.05, 3.63) is 47.5 Å². The van der Waals surface area contributed by atoms with Gasteiger partial charge in [0.2, 0.25) is 11.8 Å². The van der Waals surface area contributed by atoms with E-state index < -0.39 is 24.5 Å². The number of allylic oxidation sites excluding steroid dienone is 2. The Morgan fingerprint density at radius 3 is 1.96 bits per heavy atom. The molecular weight excluding hydrogens is 364 g/mol. The van der Waals surface area contributed by atoms with E-state index in [1.807, 2.05) is 12.2 Å². The van der Waals surface area contributed by atoms with Gasteiger partial charge in [-0.3, -0.25) is 28.9 Å². The van der Waals surface area contributed by atoms with E-state index in [1.54, 1.807) is 12.1 Å². The molecule has 0 unspecified atom stereocenters. The number of esters is 1. The SMILES string of the molecule is O=C(CCN1C(=O)[C@H]2CC=CC[C@@H]2C1=O)OCN1C(=O)c2ccccc2C1=O. The molecule has 8 heteroatoms. The first kappa shape index (κ1) is 18.1. The van der Waals surface area contributed by atoms with Crippen molar-refractivity contribution in [1.82, 2.24) is 9.80 Å². The van der Waals surface area contributed by atoms with Gasteiger partial charge in [-0.15, -0.1) is 0 Å². The van der Waals surface area contributed by atoms with Gasteiger partial charge in [0, 0.05) is 6.54 Å². The average molecular weight is 382 g/mol. The monoisotopic (exact) mass is 382 g/mol. The number of benzene rings is 1. The van der Waals surface area contributed by atoms with E-state index >= 15 is 0 Å². The summed E-state index contributed by atoms with van der Waals surface area (Å²) in [5, 5.41) is 0. The highest BCUT2D eigenvalue weighted by Gasteiger charge is 2.47. The topological polar surface area (TPSA) is 101 Å². The standard InChI is InChI=1S/C20H18N2O6/c23-16(9-10-21-17(24)12-5-1-2-6-13(12)18(21)25)28-11-22-19(26)14-7-3-4-8-15(14)20(22)27/h1-4,7-8,12-13H,5-6,9-11H2/t12-,13-/m0/s1. The Balaban J connectivity index is 1.30. The van der Waals surface area contributed by atoms with E-state index in [4.69, 9.17) is 4.74 Å². The van der Waals surface area contributed by atoms with Crippen LogP contribution in [0.1, 0.15) is 40.0 Å². The number of amides is 4. The highest BCUT2D eigenvalue weighted by molar-refractivity contribution is 6.21. The Hall–Kier alpha value is -3.29. The van der Waals surface area contributed by atoms with E-state index in [0.29, 0.717) is 12.8 Å². The summed E-state index contributed by atoms with van der Waals surface area (Å²) >= 11 is 0. The molecule has 144 valence electrons. The molecule has 1 aromatic carbocycles. The quantitative estimate of drug-likeness (QED) is 0.430. The highest BCUT2D eigenvalue weighted by atomic mass is 16.5. The normalized spacial score (nSPS) is 23.3. The number of fused-ring (bicyclic) bond motifs is 2. The van der Waals surface area contributed by atoms with Crippen molar-refractivity contribution in [3.63, 3.8) is 0 Å². The zero-order valence-electron chi connectivity index (χ0n) is 15.0. The van der Waals surface area contributed by atoms with Gasteiger partial charge in [-0.1, -0.05) is 24.3 Å². The van der Waals surface area contributed by atoms with Crippen molar-refractivity contribution in [2.45, 2.75) is 19.3 Å². The number of carbonyl (C=O) groups excluding carboxylic acids is 5. The number of likely N-dealkylation sites (tertiary alicyclic amines) is 1. The molecule has 0 radical (unpaired) electrons. The summed E-state index contributed by atoms with van der Waals surface area (Å²) in [6, 6.07) is 6.38. The van der Waals surface area contributed by atoms with Crippen molar-refractivity contribution >= 4 is 29.6 Å².